The van der Waals surface area contributed by atoms with E-state index in [1.807, 2.05) is 0 Å². The first-order chi connectivity index (χ1) is 27.3. The number of hydrogen-bond donors (Lipinski definition) is 0. The third-order valence-corrected chi connectivity index (χ3v) is 10.3. The van der Waals surface area contributed by atoms with E-state index in [1.54, 1.807) is 0 Å². The van der Waals surface area contributed by atoms with Gasteiger partial charge in [0, 0.05) is 16.9 Å². The average molecular weight is 702 g/mol. The molecule has 0 atom stereocenters. The van der Waals surface area contributed by atoms with Gasteiger partial charge in [-0.2, -0.15) is 0 Å². The van der Waals surface area contributed by atoms with Gasteiger partial charge in [-0.1, -0.05) is 206 Å². The van der Waals surface area contributed by atoms with Crippen molar-refractivity contribution in [3.8, 4) is 66.8 Å². The monoisotopic (exact) mass is 701 g/mol. The molecule has 0 spiro atoms. The SMILES string of the molecule is c1ccc(-c2ccc(-c3ccc(N(c4ccc(-c5ccccc5)cc4)c4cc(-c5ccccc5)ccc4-c4ccc(-c5ccccc5)cc4)cc3)cc2)cc1. The third kappa shape index (κ3) is 7.25. The zero-order chi connectivity index (χ0) is 36.8. The van der Waals surface area contributed by atoms with Crippen molar-refractivity contribution in [3.63, 3.8) is 0 Å². The van der Waals surface area contributed by atoms with Crippen LogP contribution in [0.1, 0.15) is 0 Å². The Balaban J connectivity index is 1.16. The summed E-state index contributed by atoms with van der Waals surface area (Å²) in [5.41, 5.74) is 17.6. The van der Waals surface area contributed by atoms with Crippen LogP contribution in [0, 0.1) is 0 Å². The Bertz CT molecular complexity index is 2610. The van der Waals surface area contributed by atoms with Crippen molar-refractivity contribution in [2.45, 2.75) is 0 Å². The summed E-state index contributed by atoms with van der Waals surface area (Å²) in [5.74, 6) is 0. The van der Waals surface area contributed by atoms with Crippen LogP contribution >= 0.6 is 0 Å². The van der Waals surface area contributed by atoms with E-state index in [0.29, 0.717) is 0 Å². The molecule has 1 heteroatoms. The molecule has 0 saturated carbocycles. The van der Waals surface area contributed by atoms with Crippen LogP contribution in [0.2, 0.25) is 0 Å². The topological polar surface area (TPSA) is 3.24 Å². The van der Waals surface area contributed by atoms with Crippen LogP contribution in [0.5, 0.6) is 0 Å². The van der Waals surface area contributed by atoms with E-state index in [4.69, 9.17) is 0 Å². The van der Waals surface area contributed by atoms with Crippen LogP contribution in [0.3, 0.4) is 0 Å². The van der Waals surface area contributed by atoms with Gasteiger partial charge >= 0.3 is 0 Å². The summed E-state index contributed by atoms with van der Waals surface area (Å²) in [5, 5.41) is 0. The fraction of sp³-hybridized carbons (Fsp3) is 0. The molecule has 0 aliphatic heterocycles. The van der Waals surface area contributed by atoms with Crippen molar-refractivity contribution in [3.05, 3.63) is 237 Å². The van der Waals surface area contributed by atoms with Crippen molar-refractivity contribution >= 4 is 17.1 Å². The van der Waals surface area contributed by atoms with Crippen LogP contribution in [-0.2, 0) is 0 Å². The highest BCUT2D eigenvalue weighted by Crippen LogP contribution is 2.44. The van der Waals surface area contributed by atoms with Gasteiger partial charge in [-0.25, -0.2) is 0 Å². The lowest BCUT2D eigenvalue weighted by atomic mass is 9.95. The highest BCUT2D eigenvalue weighted by molar-refractivity contribution is 5.92. The highest BCUT2D eigenvalue weighted by atomic mass is 15.1. The second-order valence-corrected chi connectivity index (χ2v) is 13.8. The lowest BCUT2D eigenvalue weighted by Gasteiger charge is -2.29. The van der Waals surface area contributed by atoms with Crippen LogP contribution in [0.25, 0.3) is 66.8 Å². The molecule has 9 aromatic rings. The molecule has 0 N–H and O–H groups in total. The van der Waals surface area contributed by atoms with Gasteiger partial charge in [-0.3, -0.25) is 0 Å². The minimum absolute atomic E-state index is 1.09. The minimum atomic E-state index is 1.09. The summed E-state index contributed by atoms with van der Waals surface area (Å²) in [6.45, 7) is 0. The van der Waals surface area contributed by atoms with E-state index < -0.39 is 0 Å². The summed E-state index contributed by atoms with van der Waals surface area (Å²) < 4.78 is 0. The molecule has 0 aliphatic carbocycles. The standard InChI is InChI=1S/C54H39N/c1-5-13-40(14-6-1)44-21-23-46(24-22-44)48-31-36-52(37-32-48)55(51-34-29-47(30-35-51)42-17-9-3-10-18-42)54-39-50(43-19-11-4-12-20-43)33-38-53(54)49-27-25-45(26-28-49)41-15-7-2-8-16-41/h1-39H. The Morgan fingerprint density at radius 3 is 0.800 bits per heavy atom. The van der Waals surface area contributed by atoms with Gasteiger partial charge in [-0.05, 0) is 91.5 Å². The Morgan fingerprint density at radius 2 is 0.455 bits per heavy atom. The Hall–Kier alpha value is -7.22. The van der Waals surface area contributed by atoms with E-state index in [2.05, 4.69) is 241 Å². The molecule has 0 unspecified atom stereocenters. The van der Waals surface area contributed by atoms with Gasteiger partial charge in [0.1, 0.15) is 0 Å². The molecule has 0 amide bonds. The maximum Gasteiger partial charge on any atom is 0.0546 e. The number of benzene rings is 9. The fourth-order valence-electron chi connectivity index (χ4n) is 7.39. The predicted molar refractivity (Wildman–Crippen MR) is 234 cm³/mol. The smallest absolute Gasteiger partial charge is 0.0546 e. The summed E-state index contributed by atoms with van der Waals surface area (Å²) in [4.78, 5) is 2.41. The largest absolute Gasteiger partial charge is 0.310 e. The lowest BCUT2D eigenvalue weighted by Crippen LogP contribution is -2.11. The molecule has 0 heterocycles. The molecule has 0 fully saturated rings. The normalized spacial score (nSPS) is 10.9. The zero-order valence-electron chi connectivity index (χ0n) is 30.5. The van der Waals surface area contributed by atoms with Crippen molar-refractivity contribution in [2.24, 2.45) is 0 Å². The number of anilines is 3. The molecule has 55 heavy (non-hydrogen) atoms. The van der Waals surface area contributed by atoms with E-state index in [0.717, 1.165) is 28.2 Å². The van der Waals surface area contributed by atoms with Crippen LogP contribution in [0.4, 0.5) is 17.1 Å². The summed E-state index contributed by atoms with van der Waals surface area (Å²) in [6.07, 6.45) is 0. The molecule has 9 rings (SSSR count). The van der Waals surface area contributed by atoms with Gasteiger partial charge in [0.2, 0.25) is 0 Å². The van der Waals surface area contributed by atoms with E-state index in [-0.39, 0.29) is 0 Å². The van der Waals surface area contributed by atoms with E-state index in [1.165, 1.54) is 55.6 Å². The summed E-state index contributed by atoms with van der Waals surface area (Å²) >= 11 is 0. The lowest BCUT2D eigenvalue weighted by molar-refractivity contribution is 1.28. The highest BCUT2D eigenvalue weighted by Gasteiger charge is 2.19. The molecule has 0 saturated heterocycles. The fourth-order valence-corrected chi connectivity index (χ4v) is 7.39. The first-order valence-electron chi connectivity index (χ1n) is 18.8. The minimum Gasteiger partial charge on any atom is -0.310 e. The first kappa shape index (κ1) is 33.6. The molecule has 0 aliphatic rings. The quantitative estimate of drug-likeness (QED) is 0.145. The molecule has 0 bridgehead atoms. The maximum atomic E-state index is 2.41. The zero-order valence-corrected chi connectivity index (χ0v) is 30.5. The van der Waals surface area contributed by atoms with Gasteiger partial charge in [0.25, 0.3) is 0 Å². The molecule has 0 aromatic heterocycles. The maximum absolute atomic E-state index is 2.41. The van der Waals surface area contributed by atoms with Crippen LogP contribution in [0.15, 0.2) is 237 Å². The van der Waals surface area contributed by atoms with Gasteiger partial charge in [0.15, 0.2) is 0 Å². The van der Waals surface area contributed by atoms with E-state index in [9.17, 15) is 0 Å². The average Bonchev–Trinajstić information content (AvgIpc) is 3.28. The second-order valence-electron chi connectivity index (χ2n) is 13.8. The van der Waals surface area contributed by atoms with Crippen LogP contribution < -0.4 is 4.90 Å². The first-order valence-corrected chi connectivity index (χ1v) is 18.8. The van der Waals surface area contributed by atoms with Crippen molar-refractivity contribution < 1.29 is 0 Å². The molecule has 9 aromatic carbocycles. The second kappa shape index (κ2) is 15.4. The van der Waals surface area contributed by atoms with Gasteiger partial charge in [-0.15, -0.1) is 0 Å². The number of rotatable bonds is 9. The van der Waals surface area contributed by atoms with Crippen molar-refractivity contribution in [1.82, 2.24) is 0 Å². The number of hydrogen-bond acceptors (Lipinski definition) is 1. The molecular formula is C54H39N. The Kier molecular flexibility index (Phi) is 9.41. The summed E-state index contributed by atoms with van der Waals surface area (Å²) in [6, 6.07) is 85.0. The van der Waals surface area contributed by atoms with Gasteiger partial charge in [0.05, 0.1) is 5.69 Å². The summed E-state index contributed by atoms with van der Waals surface area (Å²) in [7, 11) is 0. The Labute approximate surface area is 324 Å². The predicted octanol–water partition coefficient (Wildman–Crippen LogP) is 15.2. The number of nitrogens with zero attached hydrogens (tertiary/aromatic N) is 1. The third-order valence-electron chi connectivity index (χ3n) is 10.3. The van der Waals surface area contributed by atoms with Crippen molar-refractivity contribution in [1.29, 1.82) is 0 Å². The molecule has 1 nitrogen and oxygen atoms in total. The molecular weight excluding hydrogens is 663 g/mol. The Morgan fingerprint density at radius 1 is 0.200 bits per heavy atom. The van der Waals surface area contributed by atoms with Crippen molar-refractivity contribution in [2.75, 3.05) is 4.90 Å². The molecule has 260 valence electrons. The molecule has 0 radical (unpaired) electrons. The van der Waals surface area contributed by atoms with Gasteiger partial charge < -0.3 is 4.90 Å². The van der Waals surface area contributed by atoms with E-state index >= 15 is 0 Å². The van der Waals surface area contributed by atoms with Crippen LogP contribution in [-0.4, -0.2) is 0 Å².